The number of hydrogen-bond acceptors (Lipinski definition) is 6. The van der Waals surface area contributed by atoms with Gasteiger partial charge in [-0.1, -0.05) is 19.0 Å². The highest BCUT2D eigenvalue weighted by molar-refractivity contribution is 7.98. The molecule has 0 amide bonds. The number of anilines is 1. The second-order valence-electron chi connectivity index (χ2n) is 6.85. The van der Waals surface area contributed by atoms with Gasteiger partial charge in [-0.3, -0.25) is 0 Å². The van der Waals surface area contributed by atoms with Crippen molar-refractivity contribution < 1.29 is 9.26 Å². The molecule has 2 aromatic rings. The molecular formula is C19H26N3O2S. The molecule has 25 heavy (non-hydrogen) atoms. The van der Waals surface area contributed by atoms with Gasteiger partial charge in [-0.25, -0.2) is 0 Å². The van der Waals surface area contributed by atoms with Gasteiger partial charge in [0.1, 0.15) is 5.75 Å². The van der Waals surface area contributed by atoms with Crippen molar-refractivity contribution in [3.63, 3.8) is 0 Å². The third-order valence-electron chi connectivity index (χ3n) is 4.71. The van der Waals surface area contributed by atoms with Crippen molar-refractivity contribution in [2.24, 2.45) is 5.92 Å². The lowest BCUT2D eigenvalue weighted by Gasteiger charge is -2.33. The standard InChI is InChI=1S/C19H26N3O2S/c1-13(2)18-20-19(24-21-18)22-10-8-15(9-11-22)14(3)23-16-6-5-7-17(12-16)25-4/h6-7,12-15H,8-11H2,1-4H3/t14-/m0/s1. The fourth-order valence-electron chi connectivity index (χ4n) is 3.08. The summed E-state index contributed by atoms with van der Waals surface area (Å²) in [5.74, 6) is 2.50. The number of ether oxygens (including phenoxy) is 1. The molecule has 1 saturated heterocycles. The maximum absolute atomic E-state index is 6.16. The Morgan fingerprint density at radius 1 is 1.28 bits per heavy atom. The number of piperidine rings is 1. The second-order valence-corrected chi connectivity index (χ2v) is 7.73. The van der Waals surface area contributed by atoms with Crippen molar-refractivity contribution in [2.45, 2.75) is 50.5 Å². The van der Waals surface area contributed by atoms with Crippen LogP contribution >= 0.6 is 11.8 Å². The number of benzene rings is 1. The molecule has 1 atom stereocenters. The van der Waals surface area contributed by atoms with E-state index in [2.05, 4.69) is 54.2 Å². The summed E-state index contributed by atoms with van der Waals surface area (Å²) in [4.78, 5) is 7.86. The summed E-state index contributed by atoms with van der Waals surface area (Å²) in [5, 5.41) is 4.06. The minimum absolute atomic E-state index is 0.182. The van der Waals surface area contributed by atoms with Crippen molar-refractivity contribution in [2.75, 3.05) is 24.2 Å². The topological polar surface area (TPSA) is 51.4 Å². The summed E-state index contributed by atoms with van der Waals surface area (Å²) in [7, 11) is 0. The quantitative estimate of drug-likeness (QED) is 0.712. The summed E-state index contributed by atoms with van der Waals surface area (Å²) >= 11 is 1.71. The van der Waals surface area contributed by atoms with E-state index in [1.165, 1.54) is 4.90 Å². The molecule has 0 N–H and O–H groups in total. The Labute approximate surface area is 154 Å². The summed E-state index contributed by atoms with van der Waals surface area (Å²) in [5.41, 5.74) is 0. The first kappa shape index (κ1) is 18.1. The first-order valence-corrected chi connectivity index (χ1v) is 10.1. The lowest BCUT2D eigenvalue weighted by Crippen LogP contribution is -2.38. The highest BCUT2D eigenvalue weighted by Crippen LogP contribution is 2.28. The van der Waals surface area contributed by atoms with Crippen LogP contribution in [0.1, 0.15) is 45.4 Å². The van der Waals surface area contributed by atoms with Crippen molar-refractivity contribution in [3.8, 4) is 5.75 Å². The Kier molecular flexibility index (Phi) is 5.89. The van der Waals surface area contributed by atoms with E-state index >= 15 is 0 Å². The van der Waals surface area contributed by atoms with Gasteiger partial charge in [0.2, 0.25) is 0 Å². The monoisotopic (exact) mass is 360 g/mol. The van der Waals surface area contributed by atoms with Crippen LogP contribution in [0.3, 0.4) is 0 Å². The molecular weight excluding hydrogens is 334 g/mol. The maximum Gasteiger partial charge on any atom is 0.324 e. The molecule has 1 radical (unpaired) electrons. The van der Waals surface area contributed by atoms with Crippen molar-refractivity contribution in [1.29, 1.82) is 0 Å². The fraction of sp³-hybridized carbons (Fsp3) is 0.579. The molecule has 0 aliphatic carbocycles. The smallest absolute Gasteiger partial charge is 0.324 e. The van der Waals surface area contributed by atoms with Gasteiger partial charge >= 0.3 is 6.01 Å². The highest BCUT2D eigenvalue weighted by Gasteiger charge is 2.27. The van der Waals surface area contributed by atoms with Crippen LogP contribution < -0.4 is 9.64 Å². The molecule has 0 unspecified atom stereocenters. The Bertz CT molecular complexity index is 681. The van der Waals surface area contributed by atoms with Gasteiger partial charge in [-0.2, -0.15) is 4.98 Å². The van der Waals surface area contributed by atoms with E-state index in [0.717, 1.165) is 37.5 Å². The molecule has 1 aliphatic rings. The van der Waals surface area contributed by atoms with Crippen molar-refractivity contribution >= 4 is 17.8 Å². The first-order valence-electron chi connectivity index (χ1n) is 8.87. The SMILES string of the molecule is CSc1c[c]cc(O[C@@H](C)C2CCN(c3nc(C(C)C)no3)CC2)c1. The van der Waals surface area contributed by atoms with Gasteiger partial charge in [0, 0.05) is 23.9 Å². The van der Waals surface area contributed by atoms with Crippen molar-refractivity contribution in [3.05, 3.63) is 30.1 Å². The van der Waals surface area contributed by atoms with Crippen LogP contribution in [-0.4, -0.2) is 35.6 Å². The van der Waals surface area contributed by atoms with Gasteiger partial charge in [0.25, 0.3) is 0 Å². The van der Waals surface area contributed by atoms with Crippen molar-refractivity contribution in [1.82, 2.24) is 10.1 Å². The number of rotatable bonds is 6. The Morgan fingerprint density at radius 3 is 2.68 bits per heavy atom. The zero-order chi connectivity index (χ0) is 17.8. The zero-order valence-corrected chi connectivity index (χ0v) is 16.2. The molecule has 5 nitrogen and oxygen atoms in total. The molecule has 3 rings (SSSR count). The highest BCUT2D eigenvalue weighted by atomic mass is 32.2. The molecule has 2 heterocycles. The molecule has 6 heteroatoms. The number of aromatic nitrogens is 2. The molecule has 1 aromatic heterocycles. The van der Waals surface area contributed by atoms with E-state index in [1.54, 1.807) is 11.8 Å². The van der Waals surface area contributed by atoms with Gasteiger partial charge in [-0.05, 0) is 56.2 Å². The van der Waals surface area contributed by atoms with Gasteiger partial charge in [0.05, 0.1) is 6.10 Å². The van der Waals surface area contributed by atoms with E-state index in [4.69, 9.17) is 9.26 Å². The number of hydrogen-bond donors (Lipinski definition) is 0. The molecule has 1 aliphatic heterocycles. The third-order valence-corrected chi connectivity index (χ3v) is 5.42. The number of nitrogens with zero attached hydrogens (tertiary/aromatic N) is 3. The van der Waals surface area contributed by atoms with E-state index in [0.29, 0.717) is 11.9 Å². The molecule has 0 bridgehead atoms. The largest absolute Gasteiger partial charge is 0.490 e. The van der Waals surface area contributed by atoms with Gasteiger partial charge in [-0.15, -0.1) is 11.8 Å². The van der Waals surface area contributed by atoms with Crippen LogP contribution in [0.5, 0.6) is 5.75 Å². The molecule has 1 aromatic carbocycles. The van der Waals surface area contributed by atoms with E-state index in [9.17, 15) is 0 Å². The predicted octanol–water partition coefficient (Wildman–Crippen LogP) is 4.40. The molecule has 0 saturated carbocycles. The average Bonchev–Trinajstić information content (AvgIpc) is 3.12. The normalized spacial score (nSPS) is 17.1. The third kappa shape index (κ3) is 4.48. The maximum atomic E-state index is 6.16. The predicted molar refractivity (Wildman–Crippen MR) is 100 cm³/mol. The summed E-state index contributed by atoms with van der Waals surface area (Å²) < 4.78 is 11.6. The van der Waals surface area contributed by atoms with Crippen LogP contribution in [0.25, 0.3) is 0 Å². The lowest BCUT2D eigenvalue weighted by molar-refractivity contribution is 0.131. The van der Waals surface area contributed by atoms with E-state index < -0.39 is 0 Å². The van der Waals surface area contributed by atoms with E-state index in [-0.39, 0.29) is 12.0 Å². The van der Waals surface area contributed by atoms with Crippen LogP contribution in [0.15, 0.2) is 27.6 Å². The lowest BCUT2D eigenvalue weighted by atomic mass is 9.92. The summed E-state index contributed by atoms with van der Waals surface area (Å²) in [6, 6.07) is 9.78. The zero-order valence-electron chi connectivity index (χ0n) is 15.4. The minimum atomic E-state index is 0.182. The Morgan fingerprint density at radius 2 is 2.04 bits per heavy atom. The summed E-state index contributed by atoms with van der Waals surface area (Å²) in [6.45, 7) is 8.16. The molecule has 1 fully saturated rings. The average molecular weight is 361 g/mol. The summed E-state index contributed by atoms with van der Waals surface area (Å²) in [6.07, 6.45) is 4.37. The molecule has 135 valence electrons. The first-order chi connectivity index (χ1) is 12.1. The van der Waals surface area contributed by atoms with Crippen LogP contribution in [0.2, 0.25) is 0 Å². The van der Waals surface area contributed by atoms with E-state index in [1.807, 2.05) is 12.1 Å². The van der Waals surface area contributed by atoms with Crippen LogP contribution in [-0.2, 0) is 0 Å². The Hall–Kier alpha value is -1.69. The fourth-order valence-corrected chi connectivity index (χ4v) is 3.50. The molecule has 0 spiro atoms. The Balaban J connectivity index is 1.54. The van der Waals surface area contributed by atoms with Gasteiger partial charge < -0.3 is 14.2 Å². The number of thioether (sulfide) groups is 1. The second kappa shape index (κ2) is 8.13. The van der Waals surface area contributed by atoms with Gasteiger partial charge in [0.15, 0.2) is 5.82 Å². The minimum Gasteiger partial charge on any atom is -0.490 e. The van der Waals surface area contributed by atoms with Crippen LogP contribution in [0.4, 0.5) is 6.01 Å². The van der Waals surface area contributed by atoms with Crippen LogP contribution in [0, 0.1) is 12.0 Å².